The van der Waals surface area contributed by atoms with E-state index >= 15 is 0 Å². The topological polar surface area (TPSA) is 64.1 Å². The van der Waals surface area contributed by atoms with Crippen LogP contribution in [-0.4, -0.2) is 22.7 Å². The van der Waals surface area contributed by atoms with Crippen molar-refractivity contribution in [3.63, 3.8) is 0 Å². The van der Waals surface area contributed by atoms with E-state index in [1.54, 1.807) is 0 Å². The zero-order valence-corrected chi connectivity index (χ0v) is 13.9. The molecule has 0 atom stereocenters. The monoisotopic (exact) mass is 319 g/mol. The molecule has 0 saturated carbocycles. The van der Waals surface area contributed by atoms with Gasteiger partial charge in [-0.1, -0.05) is 37.3 Å². The number of aromatic nitrogens is 2. The van der Waals surface area contributed by atoms with Crippen molar-refractivity contribution in [1.29, 1.82) is 0 Å². The zero-order valence-electron chi connectivity index (χ0n) is 13.1. The number of hydrogen-bond donors (Lipinski definition) is 1. The van der Waals surface area contributed by atoms with Gasteiger partial charge in [0.15, 0.2) is 0 Å². The first-order valence-electron chi connectivity index (χ1n) is 7.37. The Morgan fingerprint density at radius 3 is 2.59 bits per heavy atom. The second kappa shape index (κ2) is 7.89. The number of nitrogens with one attached hydrogen (secondary N) is 1. The van der Waals surface area contributed by atoms with Crippen molar-refractivity contribution < 1.29 is 9.53 Å². The summed E-state index contributed by atoms with van der Waals surface area (Å²) >= 11 is 1.37. The van der Waals surface area contributed by atoms with Crippen LogP contribution in [0.15, 0.2) is 24.3 Å². The van der Waals surface area contributed by atoms with E-state index in [1.807, 2.05) is 19.1 Å². The number of rotatable bonds is 7. The molecule has 5 nitrogen and oxygen atoms in total. The summed E-state index contributed by atoms with van der Waals surface area (Å²) < 4.78 is 5.64. The van der Waals surface area contributed by atoms with Crippen molar-refractivity contribution in [2.24, 2.45) is 0 Å². The summed E-state index contributed by atoms with van der Waals surface area (Å²) in [7, 11) is 0. The first kappa shape index (κ1) is 16.4. The molecule has 0 aliphatic heterocycles. The third kappa shape index (κ3) is 5.11. The lowest BCUT2D eigenvalue weighted by Gasteiger charge is -2.08. The van der Waals surface area contributed by atoms with Gasteiger partial charge in [-0.2, -0.15) is 0 Å². The van der Waals surface area contributed by atoms with E-state index in [1.165, 1.54) is 16.9 Å². The summed E-state index contributed by atoms with van der Waals surface area (Å²) in [4.78, 5) is 11.7. The van der Waals surface area contributed by atoms with Gasteiger partial charge in [-0.05, 0) is 37.0 Å². The molecule has 2 aromatic rings. The average Bonchev–Trinajstić information content (AvgIpc) is 2.89. The van der Waals surface area contributed by atoms with Crippen LogP contribution in [-0.2, 0) is 4.79 Å². The standard InChI is InChI=1S/C16H21N3O2S/c1-11(2)13-6-8-14(9-7-13)21-10-4-5-15(20)17-16-19-18-12(3)22-16/h6-9,11H,4-5,10H2,1-3H3,(H,17,19,20). The Labute approximate surface area is 134 Å². The van der Waals surface area contributed by atoms with Crippen LogP contribution in [0, 0.1) is 6.92 Å². The Morgan fingerprint density at radius 2 is 2.00 bits per heavy atom. The zero-order chi connectivity index (χ0) is 15.9. The summed E-state index contributed by atoms with van der Waals surface area (Å²) in [6.07, 6.45) is 1.07. The molecule has 1 N–H and O–H groups in total. The molecule has 22 heavy (non-hydrogen) atoms. The van der Waals surface area contributed by atoms with E-state index in [0.29, 0.717) is 30.5 Å². The van der Waals surface area contributed by atoms with Crippen molar-refractivity contribution in [3.05, 3.63) is 34.8 Å². The van der Waals surface area contributed by atoms with Gasteiger partial charge in [-0.3, -0.25) is 4.79 Å². The molecule has 1 aromatic heterocycles. The van der Waals surface area contributed by atoms with Crippen LogP contribution < -0.4 is 10.1 Å². The van der Waals surface area contributed by atoms with Gasteiger partial charge in [0.25, 0.3) is 0 Å². The van der Waals surface area contributed by atoms with E-state index in [4.69, 9.17) is 4.74 Å². The predicted octanol–water partition coefficient (Wildman–Crippen LogP) is 3.77. The molecule has 0 aliphatic rings. The summed E-state index contributed by atoms with van der Waals surface area (Å²) in [5, 5.41) is 11.8. The smallest absolute Gasteiger partial charge is 0.226 e. The van der Waals surface area contributed by atoms with Crippen molar-refractivity contribution in [3.8, 4) is 5.75 Å². The van der Waals surface area contributed by atoms with Gasteiger partial charge in [0.2, 0.25) is 11.0 Å². The van der Waals surface area contributed by atoms with Crippen LogP contribution in [0.3, 0.4) is 0 Å². The van der Waals surface area contributed by atoms with Crippen LogP contribution in [0.4, 0.5) is 5.13 Å². The summed E-state index contributed by atoms with van der Waals surface area (Å²) in [6, 6.07) is 8.09. The fourth-order valence-corrected chi connectivity index (χ4v) is 2.51. The number of ether oxygens (including phenoxy) is 1. The molecular formula is C16H21N3O2S. The maximum absolute atomic E-state index is 11.7. The van der Waals surface area contributed by atoms with Crippen LogP contribution in [0.1, 0.15) is 43.2 Å². The summed E-state index contributed by atoms with van der Waals surface area (Å²) in [5.41, 5.74) is 1.29. The average molecular weight is 319 g/mol. The first-order chi connectivity index (χ1) is 10.5. The SMILES string of the molecule is Cc1nnc(NC(=O)CCCOc2ccc(C(C)C)cc2)s1. The highest BCUT2D eigenvalue weighted by atomic mass is 32.1. The molecule has 0 aliphatic carbocycles. The maximum Gasteiger partial charge on any atom is 0.226 e. The quantitative estimate of drug-likeness (QED) is 0.789. The summed E-state index contributed by atoms with van der Waals surface area (Å²) in [6.45, 7) is 6.69. The number of aryl methyl sites for hydroxylation is 1. The lowest BCUT2D eigenvalue weighted by molar-refractivity contribution is -0.116. The van der Waals surface area contributed by atoms with Gasteiger partial charge in [0, 0.05) is 6.42 Å². The number of carbonyl (C=O) groups is 1. The minimum Gasteiger partial charge on any atom is -0.494 e. The molecule has 1 aromatic carbocycles. The third-order valence-corrected chi connectivity index (χ3v) is 3.89. The number of nitrogens with zero attached hydrogens (tertiary/aromatic N) is 2. The van der Waals surface area contributed by atoms with Gasteiger partial charge in [0.1, 0.15) is 10.8 Å². The van der Waals surface area contributed by atoms with Gasteiger partial charge in [0.05, 0.1) is 6.61 Å². The minimum atomic E-state index is -0.0603. The Morgan fingerprint density at radius 1 is 1.27 bits per heavy atom. The van der Waals surface area contributed by atoms with Crippen molar-refractivity contribution in [2.45, 2.75) is 39.5 Å². The molecule has 1 amide bonds. The molecule has 0 spiro atoms. The number of carbonyl (C=O) groups excluding carboxylic acids is 1. The van der Waals surface area contributed by atoms with E-state index in [2.05, 4.69) is 41.5 Å². The van der Waals surface area contributed by atoms with Crippen LogP contribution in [0.2, 0.25) is 0 Å². The maximum atomic E-state index is 11.7. The summed E-state index contributed by atoms with van der Waals surface area (Å²) in [5.74, 6) is 1.29. The van der Waals surface area contributed by atoms with Crippen molar-refractivity contribution >= 4 is 22.4 Å². The van der Waals surface area contributed by atoms with Gasteiger partial charge in [-0.25, -0.2) is 0 Å². The number of anilines is 1. The molecule has 0 radical (unpaired) electrons. The molecular weight excluding hydrogens is 298 g/mol. The fourth-order valence-electron chi connectivity index (χ4n) is 1.90. The fraction of sp³-hybridized carbons (Fsp3) is 0.438. The molecule has 6 heteroatoms. The molecule has 0 saturated heterocycles. The van der Waals surface area contributed by atoms with Gasteiger partial charge >= 0.3 is 0 Å². The normalized spacial score (nSPS) is 10.7. The Kier molecular flexibility index (Phi) is 5.89. The van der Waals surface area contributed by atoms with Gasteiger partial charge in [-0.15, -0.1) is 10.2 Å². The van der Waals surface area contributed by atoms with Crippen molar-refractivity contribution in [1.82, 2.24) is 10.2 Å². The lowest BCUT2D eigenvalue weighted by Crippen LogP contribution is -2.12. The first-order valence-corrected chi connectivity index (χ1v) is 8.19. The molecule has 0 unspecified atom stereocenters. The molecule has 0 bridgehead atoms. The highest BCUT2D eigenvalue weighted by Gasteiger charge is 2.06. The van der Waals surface area contributed by atoms with Crippen molar-refractivity contribution in [2.75, 3.05) is 11.9 Å². The van der Waals surface area contributed by atoms with Crippen LogP contribution in [0.25, 0.3) is 0 Å². The van der Waals surface area contributed by atoms with Crippen LogP contribution in [0.5, 0.6) is 5.75 Å². The Hall–Kier alpha value is -1.95. The van der Waals surface area contributed by atoms with E-state index in [-0.39, 0.29) is 5.91 Å². The van der Waals surface area contributed by atoms with E-state index in [0.717, 1.165) is 10.8 Å². The number of amides is 1. The van der Waals surface area contributed by atoms with Gasteiger partial charge < -0.3 is 10.1 Å². The number of benzene rings is 1. The largest absolute Gasteiger partial charge is 0.494 e. The second-order valence-corrected chi connectivity index (χ2v) is 6.53. The second-order valence-electron chi connectivity index (χ2n) is 5.35. The van der Waals surface area contributed by atoms with E-state index in [9.17, 15) is 4.79 Å². The highest BCUT2D eigenvalue weighted by molar-refractivity contribution is 7.15. The predicted molar refractivity (Wildman–Crippen MR) is 88.5 cm³/mol. The Bertz CT molecular complexity index is 608. The molecule has 1 heterocycles. The molecule has 118 valence electrons. The van der Waals surface area contributed by atoms with Crippen LogP contribution >= 0.6 is 11.3 Å². The molecule has 0 fully saturated rings. The van der Waals surface area contributed by atoms with E-state index < -0.39 is 0 Å². The number of hydrogen-bond acceptors (Lipinski definition) is 5. The Balaban J connectivity index is 1.67. The molecule has 2 rings (SSSR count). The third-order valence-electron chi connectivity index (χ3n) is 3.14. The highest BCUT2D eigenvalue weighted by Crippen LogP contribution is 2.19. The lowest BCUT2D eigenvalue weighted by atomic mass is 10.0. The minimum absolute atomic E-state index is 0.0603.